The quantitative estimate of drug-likeness (QED) is 0.413. The highest BCUT2D eigenvalue weighted by atomic mass is 16.5. The Labute approximate surface area is 196 Å². The van der Waals surface area contributed by atoms with E-state index in [0.717, 1.165) is 22.1 Å². The van der Waals surface area contributed by atoms with Crippen LogP contribution in [0.2, 0.25) is 0 Å². The van der Waals surface area contributed by atoms with Gasteiger partial charge in [0.1, 0.15) is 6.10 Å². The summed E-state index contributed by atoms with van der Waals surface area (Å²) in [4.78, 5) is 15.1. The maximum Gasteiger partial charge on any atom is 0.338 e. The van der Waals surface area contributed by atoms with Crippen molar-refractivity contribution in [3.63, 3.8) is 0 Å². The van der Waals surface area contributed by atoms with Crippen LogP contribution in [0, 0.1) is 0 Å². The third kappa shape index (κ3) is 4.95. The molecule has 0 amide bonds. The zero-order valence-electron chi connectivity index (χ0n) is 19.7. The first kappa shape index (κ1) is 23.0. The first-order chi connectivity index (χ1) is 15.7. The van der Waals surface area contributed by atoms with Gasteiger partial charge in [-0.25, -0.2) is 4.79 Å². The second kappa shape index (κ2) is 9.00. The van der Waals surface area contributed by atoms with Crippen LogP contribution in [-0.2, 0) is 9.94 Å². The molecule has 0 aliphatic carbocycles. The van der Waals surface area contributed by atoms with E-state index in [9.17, 15) is 10.0 Å². The van der Waals surface area contributed by atoms with Crippen molar-refractivity contribution in [3.05, 3.63) is 90.5 Å². The molecule has 0 saturated carbocycles. The van der Waals surface area contributed by atoms with E-state index in [2.05, 4.69) is 29.2 Å². The lowest BCUT2D eigenvalue weighted by Gasteiger charge is -2.49. The van der Waals surface area contributed by atoms with Gasteiger partial charge in [0, 0.05) is 41.0 Å². The van der Waals surface area contributed by atoms with Gasteiger partial charge in [-0.2, -0.15) is 0 Å². The van der Waals surface area contributed by atoms with Crippen molar-refractivity contribution in [3.8, 4) is 0 Å². The molecule has 1 aliphatic heterocycles. The highest BCUT2D eigenvalue weighted by Crippen LogP contribution is 2.39. The molecule has 0 spiro atoms. The van der Waals surface area contributed by atoms with Gasteiger partial charge in [-0.05, 0) is 76.2 Å². The van der Waals surface area contributed by atoms with Crippen LogP contribution in [0.25, 0.3) is 0 Å². The first-order valence-corrected chi connectivity index (χ1v) is 11.4. The summed E-state index contributed by atoms with van der Waals surface area (Å²) >= 11 is 0. The number of anilines is 3. The van der Waals surface area contributed by atoms with Gasteiger partial charge in [0.15, 0.2) is 0 Å². The lowest BCUT2D eigenvalue weighted by molar-refractivity contribution is -0.298. The van der Waals surface area contributed by atoms with Crippen molar-refractivity contribution in [2.24, 2.45) is 0 Å². The van der Waals surface area contributed by atoms with E-state index in [0.29, 0.717) is 18.4 Å². The van der Waals surface area contributed by atoms with Crippen LogP contribution in [0.4, 0.5) is 17.1 Å². The summed E-state index contributed by atoms with van der Waals surface area (Å²) < 4.78 is 5.85. The van der Waals surface area contributed by atoms with Gasteiger partial charge in [-0.15, -0.1) is 10.3 Å². The Morgan fingerprint density at radius 3 is 1.64 bits per heavy atom. The maximum atomic E-state index is 12.9. The highest BCUT2D eigenvalue weighted by molar-refractivity contribution is 5.90. The van der Waals surface area contributed by atoms with E-state index in [1.54, 1.807) is 12.1 Å². The number of carbonyl (C=O) groups is 1. The van der Waals surface area contributed by atoms with Gasteiger partial charge in [0.05, 0.1) is 5.56 Å². The fourth-order valence-corrected chi connectivity index (χ4v) is 4.82. The molecule has 3 aromatic rings. The number of hydrogen-bond acceptors (Lipinski definition) is 4. The monoisotopic (exact) mass is 443 g/mol. The number of hydroxylamine groups is 2. The summed E-state index contributed by atoms with van der Waals surface area (Å²) in [6.45, 7) is 7.60. The van der Waals surface area contributed by atoms with Gasteiger partial charge < -0.3 is 9.64 Å². The fourth-order valence-electron chi connectivity index (χ4n) is 4.82. The minimum Gasteiger partial charge on any atom is -0.459 e. The van der Waals surface area contributed by atoms with E-state index in [-0.39, 0.29) is 12.1 Å². The number of nitrogens with zero attached hydrogens (tertiary/aromatic N) is 2. The normalized spacial score (nSPS) is 18.0. The summed E-state index contributed by atoms with van der Waals surface area (Å²) in [5.41, 5.74) is 2.36. The molecule has 0 bridgehead atoms. The number of carbonyl (C=O) groups excluding carboxylic acids is 1. The van der Waals surface area contributed by atoms with Crippen LogP contribution < -0.4 is 4.90 Å². The number of benzene rings is 3. The zero-order valence-corrected chi connectivity index (χ0v) is 19.7. The van der Waals surface area contributed by atoms with E-state index in [1.807, 2.05) is 76.2 Å². The van der Waals surface area contributed by atoms with E-state index in [1.165, 1.54) is 0 Å². The minimum absolute atomic E-state index is 0.294. The molecule has 1 fully saturated rings. The predicted octanol–water partition coefficient (Wildman–Crippen LogP) is 6.68. The second-order valence-corrected chi connectivity index (χ2v) is 9.91. The van der Waals surface area contributed by atoms with Gasteiger partial charge in [-0.1, -0.05) is 36.4 Å². The van der Waals surface area contributed by atoms with Crippen molar-refractivity contribution in [1.82, 2.24) is 5.06 Å². The molecule has 0 N–H and O–H groups in total. The van der Waals surface area contributed by atoms with Gasteiger partial charge >= 0.3 is 5.97 Å². The molecule has 3 aromatic carbocycles. The molecule has 1 radical (unpaired) electrons. The standard InChI is InChI=1S/C28H31N2O3/c1-27(2)19-25(20-28(3,4)30(27)32)33-26(31)21-15-17-24(18-16-21)29(22-11-7-5-8-12-22)23-13-9-6-10-14-23/h5-18,25H,19-20H2,1-4H3. The highest BCUT2D eigenvalue weighted by Gasteiger charge is 2.47. The summed E-state index contributed by atoms with van der Waals surface area (Å²) in [6.07, 6.45) is 0.733. The number of para-hydroxylation sites is 2. The molecule has 1 aliphatic rings. The number of hydrogen-bond donors (Lipinski definition) is 0. The topological polar surface area (TPSA) is 52.7 Å². The average Bonchev–Trinajstić information content (AvgIpc) is 2.79. The third-order valence-electron chi connectivity index (χ3n) is 6.22. The minimum atomic E-state index is -0.581. The van der Waals surface area contributed by atoms with Crippen molar-refractivity contribution >= 4 is 23.0 Å². The van der Waals surface area contributed by atoms with Crippen molar-refractivity contribution in [1.29, 1.82) is 0 Å². The van der Waals surface area contributed by atoms with Gasteiger partial charge in [-0.3, -0.25) is 0 Å². The smallest absolute Gasteiger partial charge is 0.338 e. The molecule has 0 atom stereocenters. The largest absolute Gasteiger partial charge is 0.459 e. The molecule has 1 heterocycles. The lowest BCUT2D eigenvalue weighted by Crippen LogP contribution is -2.60. The summed E-state index contributed by atoms with van der Waals surface area (Å²) in [7, 11) is 0. The van der Waals surface area contributed by atoms with Crippen LogP contribution in [0.5, 0.6) is 0 Å². The number of rotatable bonds is 5. The van der Waals surface area contributed by atoms with Crippen LogP contribution in [0.1, 0.15) is 50.9 Å². The molecular weight excluding hydrogens is 412 g/mol. The van der Waals surface area contributed by atoms with E-state index >= 15 is 0 Å². The Morgan fingerprint density at radius 1 is 0.758 bits per heavy atom. The van der Waals surface area contributed by atoms with E-state index < -0.39 is 11.1 Å². The Balaban J connectivity index is 1.54. The first-order valence-electron chi connectivity index (χ1n) is 11.4. The van der Waals surface area contributed by atoms with E-state index in [4.69, 9.17) is 4.74 Å². The van der Waals surface area contributed by atoms with Gasteiger partial charge in [0.2, 0.25) is 0 Å². The molecule has 4 rings (SSSR count). The predicted molar refractivity (Wildman–Crippen MR) is 130 cm³/mol. The SMILES string of the molecule is CC1(C)CC(OC(=O)c2ccc(N(c3ccccc3)c3ccccc3)cc2)CC(C)(C)N1[O]. The Morgan fingerprint density at radius 2 is 1.18 bits per heavy atom. The van der Waals surface area contributed by atoms with Crippen molar-refractivity contribution < 1.29 is 14.7 Å². The summed E-state index contributed by atoms with van der Waals surface area (Å²) in [6, 6.07) is 27.7. The molecule has 5 heteroatoms. The van der Waals surface area contributed by atoms with Crippen LogP contribution >= 0.6 is 0 Å². The number of ether oxygens (including phenoxy) is 1. The van der Waals surface area contributed by atoms with Crippen LogP contribution in [-0.4, -0.2) is 28.2 Å². The molecule has 5 nitrogen and oxygen atoms in total. The number of piperidine rings is 1. The van der Waals surface area contributed by atoms with Crippen molar-refractivity contribution in [2.75, 3.05) is 4.90 Å². The molecule has 1 saturated heterocycles. The van der Waals surface area contributed by atoms with Crippen LogP contribution in [0.3, 0.4) is 0 Å². The molecule has 33 heavy (non-hydrogen) atoms. The zero-order chi connectivity index (χ0) is 23.6. The maximum absolute atomic E-state index is 12.9. The van der Waals surface area contributed by atoms with Gasteiger partial charge in [0.25, 0.3) is 0 Å². The summed E-state index contributed by atoms with van der Waals surface area (Å²) in [5.74, 6) is -0.358. The second-order valence-electron chi connectivity index (χ2n) is 9.91. The molecule has 171 valence electrons. The molecular formula is C28H31N2O3. The molecule has 0 unspecified atom stereocenters. The van der Waals surface area contributed by atoms with Crippen LogP contribution in [0.15, 0.2) is 84.9 Å². The lowest BCUT2D eigenvalue weighted by atomic mass is 9.80. The fraction of sp³-hybridized carbons (Fsp3) is 0.321. The Bertz CT molecular complexity index is 1020. The third-order valence-corrected chi connectivity index (χ3v) is 6.22. The Hall–Kier alpha value is -3.15. The summed E-state index contributed by atoms with van der Waals surface area (Å²) in [5, 5.41) is 13.7. The number of esters is 1. The van der Waals surface area contributed by atoms with Crippen molar-refractivity contribution in [2.45, 2.75) is 57.7 Å². The Kier molecular flexibility index (Phi) is 6.28. The average molecular weight is 444 g/mol. The molecule has 0 aromatic heterocycles.